The van der Waals surface area contributed by atoms with Gasteiger partial charge in [0.1, 0.15) is 11.6 Å². The molecule has 0 spiro atoms. The van der Waals surface area contributed by atoms with Crippen LogP contribution in [0.4, 0.5) is 10.2 Å². The first kappa shape index (κ1) is 20.8. The molecule has 7 nitrogen and oxygen atoms in total. The van der Waals surface area contributed by atoms with Crippen molar-refractivity contribution in [3.63, 3.8) is 0 Å². The van der Waals surface area contributed by atoms with Crippen LogP contribution >= 0.6 is 11.8 Å². The standard InChI is InChI=1S/C21H25FN6OS/c1-30-21-25-17(13-18(23)26-21)20-19(15-3-5-16(22)6-4-15)24-14-28(20)8-2-7-27-9-11-29-12-10-27/h3-6,13-14H,2,7-12H2,1H3,(H2,23,25,26). The monoisotopic (exact) mass is 428 g/mol. The van der Waals surface area contributed by atoms with Crippen LogP contribution in [0.2, 0.25) is 0 Å². The second-order valence-electron chi connectivity index (χ2n) is 7.11. The number of anilines is 1. The summed E-state index contributed by atoms with van der Waals surface area (Å²) in [5.74, 6) is 0.136. The number of imidazole rings is 1. The summed E-state index contributed by atoms with van der Waals surface area (Å²) < 4.78 is 21.0. The number of ether oxygens (including phenoxy) is 1. The molecule has 0 bridgehead atoms. The third kappa shape index (κ3) is 4.80. The average molecular weight is 429 g/mol. The van der Waals surface area contributed by atoms with Crippen LogP contribution in [0.3, 0.4) is 0 Å². The highest BCUT2D eigenvalue weighted by Crippen LogP contribution is 2.32. The van der Waals surface area contributed by atoms with Crippen LogP contribution < -0.4 is 5.73 Å². The van der Waals surface area contributed by atoms with Crippen LogP contribution in [0.25, 0.3) is 22.6 Å². The Balaban J connectivity index is 1.66. The molecule has 2 aromatic heterocycles. The molecule has 0 saturated carbocycles. The zero-order chi connectivity index (χ0) is 20.9. The summed E-state index contributed by atoms with van der Waals surface area (Å²) in [6.45, 7) is 5.31. The first-order chi connectivity index (χ1) is 14.6. The Morgan fingerprint density at radius 1 is 1.13 bits per heavy atom. The first-order valence-electron chi connectivity index (χ1n) is 9.94. The van der Waals surface area contributed by atoms with E-state index in [9.17, 15) is 4.39 Å². The molecule has 1 fully saturated rings. The van der Waals surface area contributed by atoms with E-state index in [2.05, 4.69) is 24.4 Å². The Labute approximate surface area is 179 Å². The fraction of sp³-hybridized carbons (Fsp3) is 0.381. The van der Waals surface area contributed by atoms with E-state index in [4.69, 9.17) is 10.5 Å². The zero-order valence-corrected chi connectivity index (χ0v) is 17.7. The Morgan fingerprint density at radius 2 is 1.90 bits per heavy atom. The van der Waals surface area contributed by atoms with E-state index in [0.717, 1.165) is 68.5 Å². The highest BCUT2D eigenvalue weighted by Gasteiger charge is 2.18. The van der Waals surface area contributed by atoms with Crippen molar-refractivity contribution in [2.45, 2.75) is 18.1 Å². The molecule has 1 aliphatic heterocycles. The largest absolute Gasteiger partial charge is 0.384 e. The molecule has 3 heterocycles. The summed E-state index contributed by atoms with van der Waals surface area (Å²) >= 11 is 1.44. The third-order valence-corrected chi connectivity index (χ3v) is 5.63. The minimum atomic E-state index is -0.277. The number of thioether (sulfide) groups is 1. The van der Waals surface area contributed by atoms with Crippen LogP contribution in [-0.4, -0.2) is 63.5 Å². The second kappa shape index (κ2) is 9.55. The predicted molar refractivity (Wildman–Crippen MR) is 117 cm³/mol. The number of nitrogen functional groups attached to an aromatic ring is 1. The minimum absolute atomic E-state index is 0.277. The van der Waals surface area contributed by atoms with Gasteiger partial charge in [0.05, 0.1) is 36.6 Å². The van der Waals surface area contributed by atoms with E-state index in [-0.39, 0.29) is 5.82 Å². The van der Waals surface area contributed by atoms with Crippen molar-refractivity contribution in [1.82, 2.24) is 24.4 Å². The fourth-order valence-corrected chi connectivity index (χ4v) is 3.97. The molecule has 1 aromatic carbocycles. The van der Waals surface area contributed by atoms with E-state index >= 15 is 0 Å². The fourth-order valence-electron chi connectivity index (χ4n) is 3.58. The number of aryl methyl sites for hydroxylation is 1. The Bertz CT molecular complexity index is 988. The molecule has 0 radical (unpaired) electrons. The maximum Gasteiger partial charge on any atom is 0.189 e. The molecule has 3 aromatic rings. The van der Waals surface area contributed by atoms with Crippen LogP contribution in [-0.2, 0) is 11.3 Å². The van der Waals surface area contributed by atoms with Crippen molar-refractivity contribution in [3.8, 4) is 22.6 Å². The lowest BCUT2D eigenvalue weighted by Crippen LogP contribution is -2.37. The highest BCUT2D eigenvalue weighted by molar-refractivity contribution is 7.98. The van der Waals surface area contributed by atoms with Gasteiger partial charge in [-0.05, 0) is 36.9 Å². The lowest BCUT2D eigenvalue weighted by Gasteiger charge is -2.26. The molecule has 158 valence electrons. The number of rotatable bonds is 7. The Morgan fingerprint density at radius 3 is 2.63 bits per heavy atom. The van der Waals surface area contributed by atoms with Gasteiger partial charge >= 0.3 is 0 Å². The van der Waals surface area contributed by atoms with Crippen LogP contribution in [0.5, 0.6) is 0 Å². The maximum absolute atomic E-state index is 13.4. The first-order valence-corrected chi connectivity index (χ1v) is 11.2. The topological polar surface area (TPSA) is 82.1 Å². The highest BCUT2D eigenvalue weighted by atomic mass is 32.2. The number of halogens is 1. The zero-order valence-electron chi connectivity index (χ0n) is 16.9. The van der Waals surface area contributed by atoms with Crippen molar-refractivity contribution < 1.29 is 9.13 Å². The smallest absolute Gasteiger partial charge is 0.189 e. The molecular formula is C21H25FN6OS. The lowest BCUT2D eigenvalue weighted by molar-refractivity contribution is 0.0369. The van der Waals surface area contributed by atoms with Gasteiger partial charge in [0.25, 0.3) is 0 Å². The molecule has 1 saturated heterocycles. The number of nitrogens with zero attached hydrogens (tertiary/aromatic N) is 5. The van der Waals surface area contributed by atoms with Crippen molar-refractivity contribution in [1.29, 1.82) is 0 Å². The number of hydrogen-bond donors (Lipinski definition) is 1. The van der Waals surface area contributed by atoms with Gasteiger partial charge in [0.15, 0.2) is 5.16 Å². The predicted octanol–water partition coefficient (Wildman–Crippen LogP) is 3.17. The van der Waals surface area contributed by atoms with Gasteiger partial charge in [-0.2, -0.15) is 0 Å². The summed E-state index contributed by atoms with van der Waals surface area (Å²) in [7, 11) is 0. The van der Waals surface area contributed by atoms with Crippen molar-refractivity contribution in [3.05, 3.63) is 42.5 Å². The summed E-state index contributed by atoms with van der Waals surface area (Å²) in [5, 5.41) is 0.608. The minimum Gasteiger partial charge on any atom is -0.384 e. The average Bonchev–Trinajstić information content (AvgIpc) is 3.18. The van der Waals surface area contributed by atoms with Crippen molar-refractivity contribution in [2.75, 3.05) is 44.8 Å². The quantitative estimate of drug-likeness (QED) is 0.457. The molecule has 0 amide bonds. The third-order valence-electron chi connectivity index (χ3n) is 5.08. The molecule has 0 atom stereocenters. The normalized spacial score (nSPS) is 14.9. The molecule has 0 unspecified atom stereocenters. The van der Waals surface area contributed by atoms with E-state index < -0.39 is 0 Å². The SMILES string of the molecule is CSc1nc(N)cc(-c2c(-c3ccc(F)cc3)ncn2CCCN2CCOCC2)n1. The number of aromatic nitrogens is 4. The number of hydrogen-bond acceptors (Lipinski definition) is 7. The van der Waals surface area contributed by atoms with E-state index in [1.54, 1.807) is 18.2 Å². The molecule has 30 heavy (non-hydrogen) atoms. The van der Waals surface area contributed by atoms with Crippen LogP contribution in [0.15, 0.2) is 41.8 Å². The summed E-state index contributed by atoms with van der Waals surface area (Å²) in [6.07, 6.45) is 4.71. The van der Waals surface area contributed by atoms with Crippen LogP contribution in [0.1, 0.15) is 6.42 Å². The Hall–Kier alpha value is -2.49. The molecule has 4 rings (SSSR count). The van der Waals surface area contributed by atoms with Crippen molar-refractivity contribution in [2.24, 2.45) is 0 Å². The lowest BCUT2D eigenvalue weighted by atomic mass is 10.1. The van der Waals surface area contributed by atoms with Gasteiger partial charge < -0.3 is 15.0 Å². The number of nitrogens with two attached hydrogens (primary N) is 1. The number of morpholine rings is 1. The maximum atomic E-state index is 13.4. The van der Waals surface area contributed by atoms with Gasteiger partial charge in [-0.3, -0.25) is 4.90 Å². The molecule has 1 aliphatic rings. The van der Waals surface area contributed by atoms with E-state index in [1.165, 1.54) is 23.9 Å². The second-order valence-corrected chi connectivity index (χ2v) is 7.89. The van der Waals surface area contributed by atoms with Gasteiger partial charge in [-0.1, -0.05) is 11.8 Å². The molecule has 2 N–H and O–H groups in total. The summed E-state index contributed by atoms with van der Waals surface area (Å²) in [5.41, 5.74) is 9.21. The van der Waals surface area contributed by atoms with Gasteiger partial charge in [-0.25, -0.2) is 19.3 Å². The molecule has 9 heteroatoms. The summed E-state index contributed by atoms with van der Waals surface area (Å²) in [4.78, 5) is 16.0. The number of benzene rings is 1. The van der Waals surface area contributed by atoms with E-state index in [1.807, 2.05) is 12.6 Å². The van der Waals surface area contributed by atoms with Gasteiger partial charge in [-0.15, -0.1) is 0 Å². The molecular weight excluding hydrogens is 403 g/mol. The Kier molecular flexibility index (Phi) is 6.61. The van der Waals surface area contributed by atoms with Crippen LogP contribution in [0, 0.1) is 5.82 Å². The van der Waals surface area contributed by atoms with Crippen molar-refractivity contribution >= 4 is 17.6 Å². The van der Waals surface area contributed by atoms with Gasteiger partial charge in [0.2, 0.25) is 0 Å². The van der Waals surface area contributed by atoms with Gasteiger partial charge in [0, 0.05) is 37.8 Å². The summed E-state index contributed by atoms with van der Waals surface area (Å²) in [6, 6.07) is 8.12. The van der Waals surface area contributed by atoms with E-state index in [0.29, 0.717) is 11.0 Å². The molecule has 0 aliphatic carbocycles.